The van der Waals surface area contributed by atoms with Crippen LogP contribution in [0, 0.1) is 21.4 Å². The number of hydrogen-bond donors (Lipinski definition) is 0. The van der Waals surface area contributed by atoms with Gasteiger partial charge >= 0.3 is 0 Å². The maximum absolute atomic E-state index is 10.9. The molecular formula is C21H16N2O5. The van der Waals surface area contributed by atoms with E-state index in [1.54, 1.807) is 48.5 Å². The summed E-state index contributed by atoms with van der Waals surface area (Å²) in [6.07, 6.45) is 1.60. The standard InChI is InChI=1S/C21H16N2O5/c1-26-20-8-6-14(12-21(20)27-2)16(13-22)11-18-7-9-19(28-18)15-4-3-5-17(10-15)23(24)25/h3-12H,1-2H3/b16-11+. The van der Waals surface area contributed by atoms with Crippen LogP contribution in [0.4, 0.5) is 5.69 Å². The first-order valence-electron chi connectivity index (χ1n) is 8.24. The number of rotatable bonds is 6. The zero-order valence-corrected chi connectivity index (χ0v) is 15.2. The van der Waals surface area contributed by atoms with Gasteiger partial charge in [0.1, 0.15) is 11.5 Å². The Kier molecular flexibility index (Phi) is 5.42. The SMILES string of the molecule is COc1ccc(/C(C#N)=C/c2ccc(-c3cccc([N+](=O)[O-])c3)o2)cc1OC. The number of nitriles is 1. The molecule has 0 unspecified atom stereocenters. The molecule has 3 rings (SSSR count). The van der Waals surface area contributed by atoms with Crippen LogP contribution >= 0.6 is 0 Å². The van der Waals surface area contributed by atoms with E-state index in [0.29, 0.717) is 39.7 Å². The third kappa shape index (κ3) is 3.86. The third-order valence-corrected chi connectivity index (χ3v) is 4.07. The number of methoxy groups -OCH3 is 2. The highest BCUT2D eigenvalue weighted by atomic mass is 16.6. The molecule has 3 aromatic rings. The van der Waals surface area contributed by atoms with Crippen LogP contribution in [0.25, 0.3) is 23.0 Å². The lowest BCUT2D eigenvalue weighted by atomic mass is 10.1. The highest BCUT2D eigenvalue weighted by Crippen LogP contribution is 2.32. The van der Waals surface area contributed by atoms with Crippen LogP contribution in [0.5, 0.6) is 11.5 Å². The molecule has 1 heterocycles. The molecule has 7 heteroatoms. The second-order valence-electron chi connectivity index (χ2n) is 5.75. The highest BCUT2D eigenvalue weighted by molar-refractivity contribution is 5.89. The van der Waals surface area contributed by atoms with Gasteiger partial charge < -0.3 is 13.9 Å². The molecule has 0 N–H and O–H groups in total. The Morgan fingerprint density at radius 2 is 1.89 bits per heavy atom. The van der Waals surface area contributed by atoms with Crippen LogP contribution in [0.15, 0.2) is 59.0 Å². The Balaban J connectivity index is 1.94. The van der Waals surface area contributed by atoms with Crippen LogP contribution in [-0.2, 0) is 0 Å². The van der Waals surface area contributed by atoms with E-state index in [9.17, 15) is 15.4 Å². The number of non-ortho nitro benzene ring substituents is 1. The molecule has 7 nitrogen and oxygen atoms in total. The predicted molar refractivity (Wildman–Crippen MR) is 104 cm³/mol. The van der Waals surface area contributed by atoms with Gasteiger partial charge in [0.05, 0.1) is 30.8 Å². The number of ether oxygens (including phenoxy) is 2. The lowest BCUT2D eigenvalue weighted by molar-refractivity contribution is -0.384. The van der Waals surface area contributed by atoms with E-state index in [0.717, 1.165) is 0 Å². The molecular weight excluding hydrogens is 360 g/mol. The average molecular weight is 376 g/mol. The fraction of sp³-hybridized carbons (Fsp3) is 0.0952. The van der Waals surface area contributed by atoms with Crippen molar-refractivity contribution in [3.8, 4) is 28.9 Å². The number of nitro benzene ring substituents is 1. The Morgan fingerprint density at radius 3 is 2.57 bits per heavy atom. The summed E-state index contributed by atoms with van der Waals surface area (Å²) in [5.41, 5.74) is 1.59. The number of nitro groups is 1. The summed E-state index contributed by atoms with van der Waals surface area (Å²) in [5, 5.41) is 20.5. The van der Waals surface area contributed by atoms with Gasteiger partial charge in [0.15, 0.2) is 11.5 Å². The minimum absolute atomic E-state index is 0.0194. The third-order valence-electron chi connectivity index (χ3n) is 4.07. The van der Waals surface area contributed by atoms with Crippen molar-refractivity contribution in [3.05, 3.63) is 76.0 Å². The molecule has 0 amide bonds. The summed E-state index contributed by atoms with van der Waals surface area (Å²) < 4.78 is 16.2. The van der Waals surface area contributed by atoms with Gasteiger partial charge in [-0.1, -0.05) is 12.1 Å². The molecule has 0 aliphatic carbocycles. The molecule has 0 saturated carbocycles. The molecule has 0 bridgehead atoms. The van der Waals surface area contributed by atoms with Gasteiger partial charge in [0.25, 0.3) is 5.69 Å². The van der Waals surface area contributed by atoms with E-state index in [4.69, 9.17) is 13.9 Å². The Morgan fingerprint density at radius 1 is 1.11 bits per heavy atom. The van der Waals surface area contributed by atoms with E-state index in [1.165, 1.54) is 26.4 Å². The summed E-state index contributed by atoms with van der Waals surface area (Å²) in [5.74, 6) is 2.00. The molecule has 2 aromatic carbocycles. The molecule has 28 heavy (non-hydrogen) atoms. The maximum atomic E-state index is 10.9. The second kappa shape index (κ2) is 8.10. The molecule has 140 valence electrons. The van der Waals surface area contributed by atoms with Crippen molar-refractivity contribution in [2.24, 2.45) is 0 Å². The normalized spacial score (nSPS) is 11.0. The van der Waals surface area contributed by atoms with Crippen molar-refractivity contribution < 1.29 is 18.8 Å². The maximum Gasteiger partial charge on any atom is 0.270 e. The summed E-state index contributed by atoms with van der Waals surface area (Å²) >= 11 is 0. The molecule has 0 spiro atoms. The number of nitrogens with zero attached hydrogens (tertiary/aromatic N) is 2. The first-order chi connectivity index (χ1) is 13.5. The number of hydrogen-bond acceptors (Lipinski definition) is 6. The number of allylic oxidation sites excluding steroid dienone is 1. The van der Waals surface area contributed by atoms with Gasteiger partial charge in [0.2, 0.25) is 0 Å². The molecule has 0 aliphatic heterocycles. The van der Waals surface area contributed by atoms with Crippen LogP contribution in [0.3, 0.4) is 0 Å². The first-order valence-corrected chi connectivity index (χ1v) is 8.24. The summed E-state index contributed by atoms with van der Waals surface area (Å²) in [6, 6.07) is 16.9. The van der Waals surface area contributed by atoms with Crippen LogP contribution < -0.4 is 9.47 Å². The molecule has 0 aliphatic rings. The second-order valence-corrected chi connectivity index (χ2v) is 5.75. The predicted octanol–water partition coefficient (Wildman–Crippen LogP) is 4.94. The molecule has 0 atom stereocenters. The molecule has 0 saturated heterocycles. The largest absolute Gasteiger partial charge is 0.493 e. The van der Waals surface area contributed by atoms with Crippen molar-refractivity contribution in [2.75, 3.05) is 14.2 Å². The fourth-order valence-corrected chi connectivity index (χ4v) is 2.68. The van der Waals surface area contributed by atoms with Gasteiger partial charge in [-0.25, -0.2) is 0 Å². The number of benzene rings is 2. The molecule has 0 radical (unpaired) electrons. The average Bonchev–Trinajstić information content (AvgIpc) is 3.20. The van der Waals surface area contributed by atoms with Gasteiger partial charge in [-0.3, -0.25) is 10.1 Å². The monoisotopic (exact) mass is 376 g/mol. The molecule has 0 fully saturated rings. The van der Waals surface area contributed by atoms with Crippen molar-refractivity contribution in [3.63, 3.8) is 0 Å². The summed E-state index contributed by atoms with van der Waals surface area (Å²) in [6.45, 7) is 0. The Hall–Kier alpha value is -4.05. The van der Waals surface area contributed by atoms with Crippen molar-refractivity contribution in [1.29, 1.82) is 5.26 Å². The lowest BCUT2D eigenvalue weighted by Gasteiger charge is -2.08. The van der Waals surface area contributed by atoms with E-state index in [1.807, 2.05) is 0 Å². The van der Waals surface area contributed by atoms with Gasteiger partial charge in [-0.05, 0) is 42.0 Å². The first kappa shape index (κ1) is 18.7. The van der Waals surface area contributed by atoms with Gasteiger partial charge in [-0.2, -0.15) is 5.26 Å². The van der Waals surface area contributed by atoms with E-state index in [2.05, 4.69) is 6.07 Å². The number of furan rings is 1. The van der Waals surface area contributed by atoms with Gasteiger partial charge in [-0.15, -0.1) is 0 Å². The van der Waals surface area contributed by atoms with E-state index in [-0.39, 0.29) is 5.69 Å². The minimum Gasteiger partial charge on any atom is -0.493 e. The minimum atomic E-state index is -0.460. The van der Waals surface area contributed by atoms with Crippen molar-refractivity contribution in [1.82, 2.24) is 0 Å². The van der Waals surface area contributed by atoms with Crippen molar-refractivity contribution in [2.45, 2.75) is 0 Å². The smallest absolute Gasteiger partial charge is 0.270 e. The van der Waals surface area contributed by atoms with Crippen LogP contribution in [0.2, 0.25) is 0 Å². The highest BCUT2D eigenvalue weighted by Gasteiger charge is 2.12. The zero-order valence-electron chi connectivity index (χ0n) is 15.2. The Bertz CT molecular complexity index is 1090. The zero-order chi connectivity index (χ0) is 20.1. The lowest BCUT2D eigenvalue weighted by Crippen LogP contribution is -1.92. The quantitative estimate of drug-likeness (QED) is 0.343. The van der Waals surface area contributed by atoms with E-state index < -0.39 is 4.92 Å². The van der Waals surface area contributed by atoms with Crippen molar-refractivity contribution >= 4 is 17.3 Å². The van der Waals surface area contributed by atoms with E-state index >= 15 is 0 Å². The van der Waals surface area contributed by atoms with Crippen LogP contribution in [-0.4, -0.2) is 19.1 Å². The molecule has 1 aromatic heterocycles. The summed E-state index contributed by atoms with van der Waals surface area (Å²) in [4.78, 5) is 10.5. The van der Waals surface area contributed by atoms with Crippen LogP contribution in [0.1, 0.15) is 11.3 Å². The van der Waals surface area contributed by atoms with Gasteiger partial charge in [0, 0.05) is 17.7 Å². The fourth-order valence-electron chi connectivity index (χ4n) is 2.68. The Labute approximate surface area is 161 Å². The topological polar surface area (TPSA) is 98.5 Å². The summed E-state index contributed by atoms with van der Waals surface area (Å²) in [7, 11) is 3.06.